The summed E-state index contributed by atoms with van der Waals surface area (Å²) in [5.41, 5.74) is 4.30. The van der Waals surface area contributed by atoms with Crippen LogP contribution < -0.4 is 0 Å². The van der Waals surface area contributed by atoms with Crippen LogP contribution >= 0.6 is 0 Å². The summed E-state index contributed by atoms with van der Waals surface area (Å²) in [6.45, 7) is 4.06. The molecule has 4 nitrogen and oxygen atoms in total. The molecule has 1 aliphatic rings. The average molecular weight is 278 g/mol. The van der Waals surface area contributed by atoms with Crippen LogP contribution in [0.3, 0.4) is 0 Å². The summed E-state index contributed by atoms with van der Waals surface area (Å²) in [6, 6.07) is 9.49. The number of hydrogen-bond acceptors (Lipinski definition) is 4. The molecule has 4 heteroatoms. The molecule has 0 aliphatic carbocycles. The summed E-state index contributed by atoms with van der Waals surface area (Å²) in [6.07, 6.45) is 5.03. The van der Waals surface area contributed by atoms with E-state index in [0.717, 1.165) is 16.7 Å². The van der Waals surface area contributed by atoms with Gasteiger partial charge in [-0.15, -0.1) is 0 Å². The first kappa shape index (κ1) is 13.2. The zero-order valence-electron chi connectivity index (χ0n) is 11.8. The third-order valence-corrected chi connectivity index (χ3v) is 3.38. The van der Waals surface area contributed by atoms with Gasteiger partial charge in [-0.05, 0) is 60.9 Å². The first-order chi connectivity index (χ1) is 10.1. The van der Waals surface area contributed by atoms with E-state index in [-0.39, 0.29) is 0 Å². The highest BCUT2D eigenvalue weighted by Crippen LogP contribution is 2.20. The number of hydrogen-bond donors (Lipinski definition) is 0. The molecule has 0 unspecified atom stereocenters. The molecule has 0 saturated heterocycles. The van der Waals surface area contributed by atoms with E-state index in [1.807, 2.05) is 44.2 Å². The molecule has 2 aromatic rings. The Bertz CT molecular complexity index is 762. The van der Waals surface area contributed by atoms with E-state index in [1.165, 1.54) is 5.56 Å². The molecule has 1 aromatic heterocycles. The van der Waals surface area contributed by atoms with Crippen molar-refractivity contribution in [2.24, 2.45) is 4.99 Å². The molecule has 1 aromatic carbocycles. The summed E-state index contributed by atoms with van der Waals surface area (Å²) in [4.78, 5) is 20.1. The molecule has 3 rings (SSSR count). The first-order valence-corrected chi connectivity index (χ1v) is 6.64. The van der Waals surface area contributed by atoms with Crippen LogP contribution in [0.4, 0.5) is 0 Å². The molecule has 0 saturated carbocycles. The Morgan fingerprint density at radius 1 is 1.05 bits per heavy atom. The number of benzene rings is 1. The van der Waals surface area contributed by atoms with Crippen molar-refractivity contribution < 1.29 is 9.53 Å². The van der Waals surface area contributed by atoms with Crippen LogP contribution in [0.5, 0.6) is 0 Å². The highest BCUT2D eigenvalue weighted by molar-refractivity contribution is 6.12. The fraction of sp³-hybridized carbons (Fsp3) is 0.118. The number of nitrogens with zero attached hydrogens (tertiary/aromatic N) is 2. The second-order valence-electron chi connectivity index (χ2n) is 4.92. The Balaban J connectivity index is 1.95. The molecule has 0 atom stereocenters. The van der Waals surface area contributed by atoms with Crippen molar-refractivity contribution in [1.82, 2.24) is 4.98 Å². The van der Waals surface area contributed by atoms with E-state index >= 15 is 0 Å². The average Bonchev–Trinajstić information content (AvgIpc) is 2.84. The number of aliphatic imine (C=N–C) groups is 1. The van der Waals surface area contributed by atoms with Gasteiger partial charge in [-0.2, -0.15) is 0 Å². The van der Waals surface area contributed by atoms with Crippen LogP contribution in [0.15, 0.2) is 53.4 Å². The van der Waals surface area contributed by atoms with E-state index in [1.54, 1.807) is 18.5 Å². The van der Waals surface area contributed by atoms with Crippen molar-refractivity contribution in [3.05, 3.63) is 70.7 Å². The van der Waals surface area contributed by atoms with Crippen molar-refractivity contribution in [1.29, 1.82) is 0 Å². The van der Waals surface area contributed by atoms with Gasteiger partial charge in [0.1, 0.15) is 0 Å². The van der Waals surface area contributed by atoms with Gasteiger partial charge in [0.2, 0.25) is 5.90 Å². The number of ether oxygens (including phenoxy) is 1. The highest BCUT2D eigenvalue weighted by Gasteiger charge is 2.24. The number of rotatable bonds is 2. The Labute approximate surface area is 122 Å². The molecule has 0 radical (unpaired) electrons. The fourth-order valence-electron chi connectivity index (χ4n) is 2.02. The van der Waals surface area contributed by atoms with E-state index in [2.05, 4.69) is 9.98 Å². The van der Waals surface area contributed by atoms with E-state index in [4.69, 9.17) is 4.74 Å². The summed E-state index contributed by atoms with van der Waals surface area (Å²) in [7, 11) is 0. The lowest BCUT2D eigenvalue weighted by Gasteiger charge is -2.03. The van der Waals surface area contributed by atoms with Crippen molar-refractivity contribution >= 4 is 17.9 Å². The van der Waals surface area contributed by atoms with Gasteiger partial charge in [0.25, 0.3) is 0 Å². The largest absolute Gasteiger partial charge is 0.402 e. The predicted molar refractivity (Wildman–Crippen MR) is 80.8 cm³/mol. The normalized spacial score (nSPS) is 16.0. The van der Waals surface area contributed by atoms with Gasteiger partial charge in [-0.1, -0.05) is 6.07 Å². The molecule has 0 amide bonds. The van der Waals surface area contributed by atoms with Crippen molar-refractivity contribution in [3.63, 3.8) is 0 Å². The van der Waals surface area contributed by atoms with Gasteiger partial charge in [0.05, 0.1) is 0 Å². The Morgan fingerprint density at radius 2 is 1.81 bits per heavy atom. The minimum Gasteiger partial charge on any atom is -0.402 e. The summed E-state index contributed by atoms with van der Waals surface area (Å²) in [5.74, 6) is -0.0801. The number of carbonyl (C=O) groups excluding carboxylic acids is 1. The number of cyclic esters (lactones) is 1. The van der Waals surface area contributed by atoms with Crippen LogP contribution in [0.25, 0.3) is 6.08 Å². The summed E-state index contributed by atoms with van der Waals surface area (Å²) < 4.78 is 5.25. The quantitative estimate of drug-likeness (QED) is 0.626. The maximum absolute atomic E-state index is 11.9. The molecule has 1 aliphatic heterocycles. The zero-order valence-corrected chi connectivity index (χ0v) is 11.8. The maximum Gasteiger partial charge on any atom is 0.363 e. The molecule has 104 valence electrons. The zero-order chi connectivity index (χ0) is 14.8. The third-order valence-electron chi connectivity index (χ3n) is 3.38. The SMILES string of the molecule is Cc1ccc(C2=N/C(=C/c3ccncc3)C(=O)O2)cc1C. The molecule has 0 bridgehead atoms. The number of aryl methyl sites for hydroxylation is 2. The maximum atomic E-state index is 11.9. The smallest absolute Gasteiger partial charge is 0.363 e. The van der Waals surface area contributed by atoms with Gasteiger partial charge in [-0.3, -0.25) is 4.98 Å². The van der Waals surface area contributed by atoms with Gasteiger partial charge in [-0.25, -0.2) is 9.79 Å². The lowest BCUT2D eigenvalue weighted by Crippen LogP contribution is -2.05. The minimum absolute atomic E-state index is 0.300. The molecular formula is C17H14N2O2. The van der Waals surface area contributed by atoms with E-state index in [0.29, 0.717) is 11.6 Å². The Hall–Kier alpha value is -2.75. The highest BCUT2D eigenvalue weighted by atomic mass is 16.6. The Morgan fingerprint density at radius 3 is 2.52 bits per heavy atom. The van der Waals surface area contributed by atoms with E-state index < -0.39 is 5.97 Å². The van der Waals surface area contributed by atoms with Crippen LogP contribution in [0, 0.1) is 13.8 Å². The monoisotopic (exact) mass is 278 g/mol. The van der Waals surface area contributed by atoms with Gasteiger partial charge in [0.15, 0.2) is 5.70 Å². The second-order valence-corrected chi connectivity index (χ2v) is 4.92. The van der Waals surface area contributed by atoms with E-state index in [9.17, 15) is 4.79 Å². The van der Waals surface area contributed by atoms with Crippen LogP contribution in [-0.4, -0.2) is 16.9 Å². The molecule has 2 heterocycles. The molecule has 21 heavy (non-hydrogen) atoms. The van der Waals surface area contributed by atoms with Crippen molar-refractivity contribution in [2.45, 2.75) is 13.8 Å². The van der Waals surface area contributed by atoms with Crippen molar-refractivity contribution in [2.75, 3.05) is 0 Å². The second kappa shape index (κ2) is 5.32. The first-order valence-electron chi connectivity index (χ1n) is 6.64. The molecule has 0 N–H and O–H groups in total. The molecule has 0 fully saturated rings. The number of aromatic nitrogens is 1. The summed E-state index contributed by atoms with van der Waals surface area (Å²) >= 11 is 0. The van der Waals surface area contributed by atoms with Gasteiger partial charge >= 0.3 is 5.97 Å². The third kappa shape index (κ3) is 2.74. The minimum atomic E-state index is -0.431. The van der Waals surface area contributed by atoms with Gasteiger partial charge in [0, 0.05) is 18.0 Å². The number of carbonyl (C=O) groups is 1. The number of pyridine rings is 1. The lowest BCUT2D eigenvalue weighted by atomic mass is 10.1. The topological polar surface area (TPSA) is 51.5 Å². The summed E-state index contributed by atoms with van der Waals surface area (Å²) in [5, 5.41) is 0. The number of esters is 1. The predicted octanol–water partition coefficient (Wildman–Crippen LogP) is 3.04. The van der Waals surface area contributed by atoms with Crippen LogP contribution in [0.1, 0.15) is 22.3 Å². The van der Waals surface area contributed by atoms with Gasteiger partial charge < -0.3 is 4.74 Å². The standard InChI is InChI=1S/C17H14N2O2/c1-11-3-4-14(9-12(11)2)16-19-15(17(20)21-16)10-13-5-7-18-8-6-13/h3-10H,1-2H3/b15-10+. The van der Waals surface area contributed by atoms with Crippen molar-refractivity contribution in [3.8, 4) is 0 Å². The lowest BCUT2D eigenvalue weighted by molar-refractivity contribution is -0.129. The Kier molecular flexibility index (Phi) is 3.36. The van der Waals surface area contributed by atoms with Crippen LogP contribution in [-0.2, 0) is 9.53 Å². The molecule has 0 spiro atoms. The van der Waals surface area contributed by atoms with Crippen LogP contribution in [0.2, 0.25) is 0 Å². The molecular weight excluding hydrogens is 264 g/mol. The fourth-order valence-corrected chi connectivity index (χ4v) is 2.02.